The van der Waals surface area contributed by atoms with Gasteiger partial charge in [-0.05, 0) is 68.9 Å². The minimum absolute atomic E-state index is 0.0789. The largest absolute Gasteiger partial charge is 0.376 e. The summed E-state index contributed by atoms with van der Waals surface area (Å²) in [7, 11) is 0. The summed E-state index contributed by atoms with van der Waals surface area (Å²) in [5.41, 5.74) is 4.05. The van der Waals surface area contributed by atoms with E-state index >= 15 is 0 Å². The molecule has 1 aliphatic heterocycles. The van der Waals surface area contributed by atoms with Crippen molar-refractivity contribution in [3.05, 3.63) is 63.3 Å². The number of hydrogen-bond donors (Lipinski definition) is 0. The molecule has 9 heteroatoms. The molecule has 37 heavy (non-hydrogen) atoms. The Morgan fingerprint density at radius 2 is 1.89 bits per heavy atom. The Kier molecular flexibility index (Phi) is 6.97. The van der Waals surface area contributed by atoms with Crippen molar-refractivity contribution >= 4 is 55.7 Å². The molecular formula is C28H27Cl2N3O3S. The molecule has 0 bridgehead atoms. The average Bonchev–Trinajstić information content (AvgIpc) is 3.51. The Morgan fingerprint density at radius 1 is 1.14 bits per heavy atom. The van der Waals surface area contributed by atoms with E-state index in [1.807, 2.05) is 36.4 Å². The van der Waals surface area contributed by atoms with Crippen LogP contribution >= 0.6 is 34.5 Å². The van der Waals surface area contributed by atoms with Gasteiger partial charge in [0.15, 0.2) is 10.9 Å². The summed E-state index contributed by atoms with van der Waals surface area (Å²) in [6.07, 6.45) is 4.30. The van der Waals surface area contributed by atoms with Crippen LogP contribution in [-0.4, -0.2) is 35.6 Å². The van der Waals surface area contributed by atoms with E-state index in [4.69, 9.17) is 37.4 Å². The van der Waals surface area contributed by atoms with Crippen molar-refractivity contribution in [1.29, 1.82) is 0 Å². The van der Waals surface area contributed by atoms with Gasteiger partial charge >= 0.3 is 0 Å². The van der Waals surface area contributed by atoms with Crippen LogP contribution in [0.3, 0.4) is 0 Å². The van der Waals surface area contributed by atoms with Gasteiger partial charge in [0.05, 0.1) is 26.9 Å². The van der Waals surface area contributed by atoms with E-state index in [1.165, 1.54) is 0 Å². The number of benzene rings is 2. The first-order valence-corrected chi connectivity index (χ1v) is 14.2. The van der Waals surface area contributed by atoms with Crippen LogP contribution in [0.15, 0.2) is 40.9 Å². The smallest absolute Gasteiger partial charge is 0.186 e. The number of rotatable bonds is 8. The third kappa shape index (κ3) is 5.15. The van der Waals surface area contributed by atoms with Crippen LogP contribution in [0, 0.1) is 5.92 Å². The van der Waals surface area contributed by atoms with Crippen molar-refractivity contribution in [1.82, 2.24) is 10.1 Å². The second kappa shape index (κ2) is 10.4. The lowest BCUT2D eigenvalue weighted by molar-refractivity contribution is 0.0779. The number of anilines is 1. The summed E-state index contributed by atoms with van der Waals surface area (Å²) in [6.45, 7) is 4.59. The number of thiazole rings is 1. The minimum atomic E-state index is 0.0789. The van der Waals surface area contributed by atoms with Crippen molar-refractivity contribution in [2.45, 2.75) is 45.1 Å². The molecule has 1 saturated carbocycles. The Labute approximate surface area is 229 Å². The molecule has 1 aliphatic carbocycles. The minimum Gasteiger partial charge on any atom is -0.376 e. The first-order chi connectivity index (χ1) is 18.0. The van der Waals surface area contributed by atoms with Crippen molar-refractivity contribution in [3.63, 3.8) is 0 Å². The van der Waals surface area contributed by atoms with Crippen LogP contribution in [-0.2, 0) is 11.3 Å². The first-order valence-electron chi connectivity index (χ1n) is 12.6. The Hall–Kier alpha value is -2.45. The van der Waals surface area contributed by atoms with Crippen LogP contribution in [0.4, 0.5) is 5.13 Å². The molecule has 0 spiro atoms. The molecule has 2 aromatic carbocycles. The van der Waals surface area contributed by atoms with Gasteiger partial charge in [-0.15, -0.1) is 0 Å². The highest BCUT2D eigenvalue weighted by atomic mass is 35.5. The molecule has 2 fully saturated rings. The van der Waals surface area contributed by atoms with Gasteiger partial charge in [0.25, 0.3) is 0 Å². The number of Topliss-reactive ketones (excluding diaryl/α,β-unsaturated/α-hetero) is 1. The lowest BCUT2D eigenvalue weighted by Crippen LogP contribution is -2.35. The fourth-order valence-corrected chi connectivity index (χ4v) is 6.57. The van der Waals surface area contributed by atoms with Crippen LogP contribution in [0.1, 0.15) is 60.2 Å². The van der Waals surface area contributed by atoms with Crippen LogP contribution in [0.2, 0.25) is 10.0 Å². The highest BCUT2D eigenvalue weighted by Crippen LogP contribution is 2.46. The summed E-state index contributed by atoms with van der Waals surface area (Å²) in [5.74, 6) is 1.87. The van der Waals surface area contributed by atoms with Crippen molar-refractivity contribution in [2.75, 3.05) is 24.6 Å². The number of hydrogen-bond acceptors (Lipinski definition) is 7. The molecule has 6 nitrogen and oxygen atoms in total. The molecule has 0 N–H and O–H groups in total. The molecule has 192 valence electrons. The van der Waals surface area contributed by atoms with E-state index in [1.54, 1.807) is 18.3 Å². The Balaban J connectivity index is 1.09. The maximum Gasteiger partial charge on any atom is 0.186 e. The predicted molar refractivity (Wildman–Crippen MR) is 148 cm³/mol. The Morgan fingerprint density at radius 3 is 2.59 bits per heavy atom. The summed E-state index contributed by atoms with van der Waals surface area (Å²) < 4.78 is 13.1. The number of piperidine rings is 1. The molecule has 2 aliphatic rings. The third-order valence-electron chi connectivity index (χ3n) is 7.23. The van der Waals surface area contributed by atoms with E-state index in [-0.39, 0.29) is 5.78 Å². The molecule has 1 saturated heterocycles. The summed E-state index contributed by atoms with van der Waals surface area (Å²) in [4.78, 5) is 18.9. The van der Waals surface area contributed by atoms with Gasteiger partial charge in [-0.3, -0.25) is 4.79 Å². The highest BCUT2D eigenvalue weighted by molar-refractivity contribution is 7.22. The van der Waals surface area contributed by atoms with Gasteiger partial charge < -0.3 is 14.2 Å². The number of halogens is 2. The first kappa shape index (κ1) is 24.9. The molecule has 3 heterocycles. The molecule has 0 radical (unpaired) electrons. The molecular weight excluding hydrogens is 529 g/mol. The van der Waals surface area contributed by atoms with Crippen molar-refractivity contribution < 1.29 is 14.1 Å². The summed E-state index contributed by atoms with van der Waals surface area (Å²) in [5, 5.41) is 6.50. The second-order valence-electron chi connectivity index (χ2n) is 9.93. The number of carbonyl (C=O) groups is 1. The van der Waals surface area contributed by atoms with Gasteiger partial charge in [0.2, 0.25) is 0 Å². The van der Waals surface area contributed by atoms with Crippen LogP contribution in [0.5, 0.6) is 0 Å². The lowest BCUT2D eigenvalue weighted by Gasteiger charge is -2.31. The number of aromatic nitrogens is 2. The van der Waals surface area contributed by atoms with Crippen molar-refractivity contribution in [2.24, 2.45) is 5.92 Å². The molecule has 2 aromatic heterocycles. The molecule has 4 aromatic rings. The van der Waals surface area contributed by atoms with E-state index in [0.717, 1.165) is 71.0 Å². The number of ketones is 1. The van der Waals surface area contributed by atoms with Crippen LogP contribution in [0.25, 0.3) is 21.5 Å². The van der Waals surface area contributed by atoms with Crippen molar-refractivity contribution in [3.8, 4) is 11.3 Å². The molecule has 0 unspecified atom stereocenters. The second-order valence-corrected chi connectivity index (χ2v) is 11.7. The van der Waals surface area contributed by atoms with Gasteiger partial charge in [-0.2, -0.15) is 0 Å². The summed E-state index contributed by atoms with van der Waals surface area (Å²) >= 11 is 14.6. The third-order valence-corrected chi connectivity index (χ3v) is 8.94. The predicted octanol–water partition coefficient (Wildman–Crippen LogP) is 7.77. The molecule has 6 rings (SSSR count). The van der Waals surface area contributed by atoms with Gasteiger partial charge in [0, 0.05) is 42.3 Å². The maximum atomic E-state index is 11.7. The zero-order valence-electron chi connectivity index (χ0n) is 20.5. The Bertz CT molecular complexity index is 1430. The number of nitrogens with zero attached hydrogens (tertiary/aromatic N) is 3. The fourth-order valence-electron chi connectivity index (χ4n) is 4.93. The number of fused-ring (bicyclic) bond motifs is 1. The van der Waals surface area contributed by atoms with Gasteiger partial charge in [-0.25, -0.2) is 4.98 Å². The maximum absolute atomic E-state index is 11.7. The van der Waals surface area contributed by atoms with E-state index in [2.05, 4.69) is 10.1 Å². The normalized spacial score (nSPS) is 16.6. The number of ether oxygens (including phenoxy) is 1. The number of carbonyl (C=O) groups excluding carboxylic acids is 1. The topological polar surface area (TPSA) is 68.5 Å². The average molecular weight is 557 g/mol. The molecule has 0 amide bonds. The van der Waals surface area contributed by atoms with Gasteiger partial charge in [-0.1, -0.05) is 45.8 Å². The van der Waals surface area contributed by atoms with E-state index in [0.29, 0.717) is 46.4 Å². The molecule has 0 atom stereocenters. The highest BCUT2D eigenvalue weighted by Gasteiger charge is 2.33. The quantitative estimate of drug-likeness (QED) is 0.207. The monoisotopic (exact) mass is 555 g/mol. The standard InChI is InChI=1S/C28H27Cl2N3O3S/c1-16(34)19-7-8-23-24(13-19)37-28(31-23)33-11-9-17(10-12-33)14-35-15-20-26(32-36-27(20)18-5-6-18)25-21(29)3-2-4-22(25)30/h2-4,7-8,13,17-18H,5-6,9-12,14-15H2,1H3. The zero-order chi connectivity index (χ0) is 25.5. The van der Waals surface area contributed by atoms with Gasteiger partial charge in [0.1, 0.15) is 11.5 Å². The summed E-state index contributed by atoms with van der Waals surface area (Å²) in [6, 6.07) is 11.2. The lowest BCUT2D eigenvalue weighted by atomic mass is 9.98. The zero-order valence-corrected chi connectivity index (χ0v) is 22.8. The van der Waals surface area contributed by atoms with Crippen LogP contribution < -0.4 is 4.90 Å². The SMILES string of the molecule is CC(=O)c1ccc2nc(N3CCC(COCc4c(-c5c(Cl)cccc5Cl)noc4C4CC4)CC3)sc2c1. The van der Waals surface area contributed by atoms with E-state index in [9.17, 15) is 4.79 Å². The fraction of sp³-hybridized carbons (Fsp3) is 0.393. The van der Waals surface area contributed by atoms with E-state index < -0.39 is 0 Å².